The van der Waals surface area contributed by atoms with Crippen LogP contribution in [0.2, 0.25) is 0 Å². The summed E-state index contributed by atoms with van der Waals surface area (Å²) in [5, 5.41) is 16.4. The summed E-state index contributed by atoms with van der Waals surface area (Å²) in [6, 6.07) is -3.09. The third-order valence-electron chi connectivity index (χ3n) is 4.09. The highest BCUT2D eigenvalue weighted by Crippen LogP contribution is 2.05. The molecular weight excluding hydrogens is 396 g/mol. The molecule has 0 aromatic rings. The number of rotatable bonds is 15. The molecule has 0 rings (SSSR count). The number of hydrogen-bond acceptors (Lipinski definition) is 7. The van der Waals surface area contributed by atoms with Crippen LogP contribution in [0.5, 0.6) is 0 Å². The number of amides is 3. The maximum atomic E-state index is 12.7. The quantitative estimate of drug-likeness (QED) is 0.0735. The fourth-order valence-corrected chi connectivity index (χ4v) is 2.44. The predicted octanol–water partition coefficient (Wildman–Crippen LogP) is -3.31. The zero-order valence-electron chi connectivity index (χ0n) is 17.2. The van der Waals surface area contributed by atoms with Crippen molar-refractivity contribution in [3.63, 3.8) is 0 Å². The van der Waals surface area contributed by atoms with E-state index in [1.807, 2.05) is 0 Å². The lowest BCUT2D eigenvalue weighted by atomic mass is 10.1. The second-order valence-electron chi connectivity index (χ2n) is 6.69. The molecular formula is C17H34N8O5. The largest absolute Gasteiger partial charge is 0.480 e. The van der Waals surface area contributed by atoms with Gasteiger partial charge in [0.1, 0.15) is 18.1 Å². The Balaban J connectivity index is 5.23. The van der Waals surface area contributed by atoms with Gasteiger partial charge < -0.3 is 44.0 Å². The summed E-state index contributed by atoms with van der Waals surface area (Å²) in [4.78, 5) is 51.7. The molecule has 3 unspecified atom stereocenters. The number of carbonyl (C=O) groups excluding carboxylic acids is 3. The molecule has 13 nitrogen and oxygen atoms in total. The van der Waals surface area contributed by atoms with E-state index in [9.17, 15) is 19.2 Å². The molecule has 0 aliphatic rings. The van der Waals surface area contributed by atoms with Gasteiger partial charge in [0.2, 0.25) is 17.7 Å². The van der Waals surface area contributed by atoms with Crippen molar-refractivity contribution in [1.82, 2.24) is 16.0 Å². The maximum absolute atomic E-state index is 12.7. The Bertz CT molecular complexity index is 609. The number of nitrogens with zero attached hydrogens (tertiary/aromatic N) is 1. The number of aliphatic imine (C=N–C) groups is 1. The third kappa shape index (κ3) is 11.8. The maximum Gasteiger partial charge on any atom is 0.325 e. The van der Waals surface area contributed by atoms with Crippen LogP contribution in [0.4, 0.5) is 0 Å². The van der Waals surface area contributed by atoms with Gasteiger partial charge in [-0.1, -0.05) is 0 Å². The van der Waals surface area contributed by atoms with Gasteiger partial charge in [-0.15, -0.1) is 0 Å². The standard InChI is InChI=1S/C17H34N8O5/c1-10(16(29)30)23-14(27)12(6-4-8-22-17(20)21)25-15(28)11(5-2-3-7-18)24-13(26)9-19/h10-12H,2-9,18-19H2,1H3,(H,23,27)(H,24,26)(H,25,28)(H,29,30)(H4,20,21,22). The van der Waals surface area contributed by atoms with E-state index in [4.69, 9.17) is 28.0 Å². The first-order valence-corrected chi connectivity index (χ1v) is 9.70. The topological polar surface area (TPSA) is 241 Å². The number of nitrogens with one attached hydrogen (secondary N) is 3. The predicted molar refractivity (Wildman–Crippen MR) is 111 cm³/mol. The fraction of sp³-hybridized carbons (Fsp3) is 0.706. The molecule has 12 N–H and O–H groups in total. The van der Waals surface area contributed by atoms with Crippen LogP contribution in [-0.2, 0) is 19.2 Å². The summed E-state index contributed by atoms with van der Waals surface area (Å²) in [5.74, 6) is -3.10. The van der Waals surface area contributed by atoms with E-state index in [-0.39, 0.29) is 25.5 Å². The van der Waals surface area contributed by atoms with Crippen LogP contribution in [0, 0.1) is 0 Å². The van der Waals surface area contributed by atoms with Crippen molar-refractivity contribution < 1.29 is 24.3 Å². The summed E-state index contributed by atoms with van der Waals surface area (Å²) < 4.78 is 0. The first-order valence-electron chi connectivity index (χ1n) is 9.70. The minimum absolute atomic E-state index is 0.107. The average Bonchev–Trinajstić information content (AvgIpc) is 2.68. The van der Waals surface area contributed by atoms with Gasteiger partial charge in [-0.25, -0.2) is 0 Å². The van der Waals surface area contributed by atoms with Crippen molar-refractivity contribution in [2.75, 3.05) is 19.6 Å². The monoisotopic (exact) mass is 430 g/mol. The van der Waals surface area contributed by atoms with Crippen molar-refractivity contribution in [1.29, 1.82) is 0 Å². The first-order chi connectivity index (χ1) is 14.1. The zero-order chi connectivity index (χ0) is 23.1. The molecule has 0 aromatic carbocycles. The molecule has 172 valence electrons. The van der Waals surface area contributed by atoms with Gasteiger partial charge in [-0.3, -0.25) is 24.2 Å². The molecule has 0 aliphatic heterocycles. The van der Waals surface area contributed by atoms with Gasteiger partial charge in [0.25, 0.3) is 0 Å². The number of nitrogens with two attached hydrogens (primary N) is 4. The van der Waals surface area contributed by atoms with Crippen LogP contribution in [0.25, 0.3) is 0 Å². The molecule has 13 heteroatoms. The highest BCUT2D eigenvalue weighted by Gasteiger charge is 2.27. The Morgan fingerprint density at radius 1 is 0.900 bits per heavy atom. The van der Waals surface area contributed by atoms with Crippen molar-refractivity contribution in [2.45, 2.75) is 57.2 Å². The fourth-order valence-electron chi connectivity index (χ4n) is 2.44. The van der Waals surface area contributed by atoms with E-state index in [0.29, 0.717) is 32.2 Å². The first kappa shape index (κ1) is 27.1. The zero-order valence-corrected chi connectivity index (χ0v) is 17.2. The van der Waals surface area contributed by atoms with Crippen LogP contribution < -0.4 is 38.9 Å². The van der Waals surface area contributed by atoms with Crippen LogP contribution >= 0.6 is 0 Å². The molecule has 0 fully saturated rings. The van der Waals surface area contributed by atoms with Crippen LogP contribution in [0.3, 0.4) is 0 Å². The molecule has 30 heavy (non-hydrogen) atoms. The Kier molecular flexibility index (Phi) is 13.5. The molecule has 0 saturated heterocycles. The van der Waals surface area contributed by atoms with Crippen molar-refractivity contribution in [3.05, 3.63) is 0 Å². The van der Waals surface area contributed by atoms with Crippen molar-refractivity contribution >= 4 is 29.7 Å². The smallest absolute Gasteiger partial charge is 0.325 e. The number of guanidine groups is 1. The molecule has 3 amide bonds. The van der Waals surface area contributed by atoms with Gasteiger partial charge in [0.05, 0.1) is 6.54 Å². The Labute approximate surface area is 175 Å². The lowest BCUT2D eigenvalue weighted by Gasteiger charge is -2.24. The molecule has 3 atom stereocenters. The molecule has 0 spiro atoms. The molecule has 0 radical (unpaired) electrons. The van der Waals surface area contributed by atoms with Crippen LogP contribution in [-0.4, -0.2) is 72.5 Å². The van der Waals surface area contributed by atoms with Crippen LogP contribution in [0.1, 0.15) is 39.0 Å². The number of carbonyl (C=O) groups is 4. The summed E-state index contributed by atoms with van der Waals surface area (Å²) in [6.45, 7) is 1.66. The highest BCUT2D eigenvalue weighted by atomic mass is 16.4. The minimum Gasteiger partial charge on any atom is -0.480 e. The SMILES string of the molecule is CC(NC(=O)C(CCCN=C(N)N)NC(=O)C(CCCCN)NC(=O)CN)C(=O)O. The Morgan fingerprint density at radius 3 is 2.00 bits per heavy atom. The Morgan fingerprint density at radius 2 is 1.47 bits per heavy atom. The van der Waals surface area contributed by atoms with Crippen LogP contribution in [0.15, 0.2) is 4.99 Å². The molecule has 0 aromatic heterocycles. The molecule has 0 bridgehead atoms. The number of hydrogen-bond donors (Lipinski definition) is 8. The van der Waals surface area contributed by atoms with E-state index in [2.05, 4.69) is 20.9 Å². The molecule has 0 saturated carbocycles. The van der Waals surface area contributed by atoms with Crippen molar-refractivity contribution in [3.8, 4) is 0 Å². The second-order valence-corrected chi connectivity index (χ2v) is 6.69. The number of carboxylic acid groups (broad SMARTS) is 1. The molecule has 0 aliphatic carbocycles. The second kappa shape index (κ2) is 15.0. The van der Waals surface area contributed by atoms with E-state index < -0.39 is 41.8 Å². The summed E-state index contributed by atoms with van der Waals surface area (Å²) in [6.07, 6.45) is 2.05. The van der Waals surface area contributed by atoms with E-state index in [1.54, 1.807) is 0 Å². The number of aliphatic carboxylic acids is 1. The minimum atomic E-state index is -1.22. The summed E-state index contributed by atoms with van der Waals surface area (Å²) in [7, 11) is 0. The summed E-state index contributed by atoms with van der Waals surface area (Å²) in [5.41, 5.74) is 21.3. The normalized spacial score (nSPS) is 13.4. The third-order valence-corrected chi connectivity index (χ3v) is 4.09. The average molecular weight is 431 g/mol. The van der Waals surface area contributed by atoms with Gasteiger partial charge in [-0.05, 0) is 45.6 Å². The van der Waals surface area contributed by atoms with E-state index in [1.165, 1.54) is 6.92 Å². The molecule has 0 heterocycles. The lowest BCUT2D eigenvalue weighted by molar-refractivity contribution is -0.141. The summed E-state index contributed by atoms with van der Waals surface area (Å²) >= 11 is 0. The highest BCUT2D eigenvalue weighted by molar-refractivity contribution is 5.93. The number of unbranched alkanes of at least 4 members (excludes halogenated alkanes) is 1. The van der Waals surface area contributed by atoms with Crippen molar-refractivity contribution in [2.24, 2.45) is 27.9 Å². The van der Waals surface area contributed by atoms with Gasteiger partial charge >= 0.3 is 5.97 Å². The Hall–Kier alpha value is -2.93. The van der Waals surface area contributed by atoms with E-state index in [0.717, 1.165) is 0 Å². The lowest BCUT2D eigenvalue weighted by Crippen LogP contribution is -2.55. The van der Waals surface area contributed by atoms with Gasteiger partial charge in [-0.2, -0.15) is 0 Å². The van der Waals surface area contributed by atoms with E-state index >= 15 is 0 Å². The van der Waals surface area contributed by atoms with Gasteiger partial charge in [0, 0.05) is 6.54 Å². The van der Waals surface area contributed by atoms with Gasteiger partial charge in [0.15, 0.2) is 5.96 Å². The number of carboxylic acids is 1.